The first-order valence-corrected chi connectivity index (χ1v) is 8.80. The second-order valence-electron chi connectivity index (χ2n) is 5.59. The summed E-state index contributed by atoms with van der Waals surface area (Å²) in [5.74, 6) is 0.284. The fourth-order valence-corrected chi connectivity index (χ4v) is 4.17. The molecule has 1 N–H and O–H groups in total. The molecule has 1 saturated heterocycles. The number of amides is 1. The van der Waals surface area contributed by atoms with E-state index < -0.39 is 0 Å². The maximum atomic E-state index is 12.2. The fourth-order valence-electron chi connectivity index (χ4n) is 2.93. The summed E-state index contributed by atoms with van der Waals surface area (Å²) in [5, 5.41) is 1.01. The molecule has 2 aromatic rings. The van der Waals surface area contributed by atoms with Crippen LogP contribution in [0.15, 0.2) is 24.4 Å². The molecule has 7 heteroatoms. The molecule has 1 aromatic heterocycles. The zero-order valence-electron chi connectivity index (χ0n) is 13.7. The van der Waals surface area contributed by atoms with E-state index in [0.29, 0.717) is 24.5 Å². The number of aromatic nitrogens is 1. The van der Waals surface area contributed by atoms with Gasteiger partial charge in [-0.15, -0.1) is 11.8 Å². The van der Waals surface area contributed by atoms with Gasteiger partial charge in [-0.25, -0.2) is 4.79 Å². The molecule has 1 fully saturated rings. The second-order valence-corrected chi connectivity index (χ2v) is 6.66. The first-order valence-electron chi connectivity index (χ1n) is 7.75. The first-order chi connectivity index (χ1) is 11.7. The highest BCUT2D eigenvalue weighted by Gasteiger charge is 2.33. The van der Waals surface area contributed by atoms with Gasteiger partial charge in [0.1, 0.15) is 5.37 Å². The van der Waals surface area contributed by atoms with Crippen molar-refractivity contribution in [1.82, 2.24) is 9.88 Å². The van der Waals surface area contributed by atoms with Gasteiger partial charge in [-0.1, -0.05) is 6.07 Å². The van der Waals surface area contributed by atoms with E-state index in [1.54, 1.807) is 31.0 Å². The number of thioether (sulfide) groups is 1. The average Bonchev–Trinajstić information content (AvgIpc) is 3.17. The van der Waals surface area contributed by atoms with Crippen LogP contribution < -0.4 is 0 Å². The molecule has 0 aliphatic carbocycles. The summed E-state index contributed by atoms with van der Waals surface area (Å²) in [6.07, 6.45) is 2.74. The van der Waals surface area contributed by atoms with Crippen LogP contribution in [-0.4, -0.2) is 54.9 Å². The van der Waals surface area contributed by atoms with Gasteiger partial charge in [0.2, 0.25) is 5.91 Å². The fraction of sp³-hybridized carbons (Fsp3) is 0.412. The van der Waals surface area contributed by atoms with Gasteiger partial charge in [-0.2, -0.15) is 0 Å². The first kappa shape index (κ1) is 16.9. The number of nitrogens with one attached hydrogen (secondary N) is 1. The number of aromatic amines is 1. The maximum Gasteiger partial charge on any atom is 0.337 e. The molecule has 2 heterocycles. The summed E-state index contributed by atoms with van der Waals surface area (Å²) in [6, 6.07) is 5.44. The van der Waals surface area contributed by atoms with Gasteiger partial charge in [0.25, 0.3) is 0 Å². The molecule has 1 unspecified atom stereocenters. The summed E-state index contributed by atoms with van der Waals surface area (Å²) in [7, 11) is 3.03. The molecule has 128 valence electrons. The molecule has 1 aliphatic rings. The topological polar surface area (TPSA) is 71.6 Å². The van der Waals surface area contributed by atoms with Crippen molar-refractivity contribution in [1.29, 1.82) is 0 Å². The molecular formula is C17H20N2O4S. The molecular weight excluding hydrogens is 328 g/mol. The number of rotatable bonds is 6. The minimum absolute atomic E-state index is 0.00733. The minimum atomic E-state index is -0.361. The molecule has 6 nitrogen and oxygen atoms in total. The molecule has 1 atom stereocenters. The summed E-state index contributed by atoms with van der Waals surface area (Å²) < 4.78 is 9.84. The van der Waals surface area contributed by atoms with Crippen molar-refractivity contribution in [2.75, 3.05) is 33.1 Å². The van der Waals surface area contributed by atoms with Gasteiger partial charge in [-0.05, 0) is 18.6 Å². The number of fused-ring (bicyclic) bond motifs is 1. The number of methoxy groups -OCH3 is 2. The summed E-state index contributed by atoms with van der Waals surface area (Å²) in [4.78, 5) is 28.9. The Morgan fingerprint density at radius 3 is 3.00 bits per heavy atom. The molecule has 24 heavy (non-hydrogen) atoms. The van der Waals surface area contributed by atoms with E-state index in [4.69, 9.17) is 9.47 Å². The smallest absolute Gasteiger partial charge is 0.337 e. The molecule has 0 bridgehead atoms. The highest BCUT2D eigenvalue weighted by Crippen LogP contribution is 2.41. The number of hydrogen-bond donors (Lipinski definition) is 1. The summed E-state index contributed by atoms with van der Waals surface area (Å²) in [6.45, 7) is 1.31. The Morgan fingerprint density at radius 2 is 2.25 bits per heavy atom. The minimum Gasteiger partial charge on any atom is -0.465 e. The predicted molar refractivity (Wildman–Crippen MR) is 93.0 cm³/mol. The van der Waals surface area contributed by atoms with Gasteiger partial charge < -0.3 is 19.4 Å². The number of carbonyl (C=O) groups excluding carboxylic acids is 2. The van der Waals surface area contributed by atoms with Crippen molar-refractivity contribution >= 4 is 34.5 Å². The lowest BCUT2D eigenvalue weighted by molar-refractivity contribution is -0.128. The van der Waals surface area contributed by atoms with E-state index in [2.05, 4.69) is 4.98 Å². The summed E-state index contributed by atoms with van der Waals surface area (Å²) in [5.41, 5.74) is 2.44. The van der Waals surface area contributed by atoms with Crippen LogP contribution in [0.1, 0.15) is 27.7 Å². The Morgan fingerprint density at radius 1 is 1.42 bits per heavy atom. The van der Waals surface area contributed by atoms with Crippen LogP contribution in [0, 0.1) is 0 Å². The van der Waals surface area contributed by atoms with E-state index in [1.807, 2.05) is 17.2 Å². The van der Waals surface area contributed by atoms with Crippen molar-refractivity contribution < 1.29 is 19.1 Å². The normalized spacial score (nSPS) is 17.7. The van der Waals surface area contributed by atoms with Crippen molar-refractivity contribution in [2.24, 2.45) is 0 Å². The van der Waals surface area contributed by atoms with Crippen LogP contribution in [-0.2, 0) is 14.3 Å². The zero-order valence-corrected chi connectivity index (χ0v) is 14.5. The quantitative estimate of drug-likeness (QED) is 0.642. The van der Waals surface area contributed by atoms with Crippen LogP contribution in [0.3, 0.4) is 0 Å². The zero-order chi connectivity index (χ0) is 17.1. The predicted octanol–water partition coefficient (Wildman–Crippen LogP) is 2.57. The molecule has 3 rings (SSSR count). The lowest BCUT2D eigenvalue weighted by Crippen LogP contribution is -2.29. The third-order valence-electron chi connectivity index (χ3n) is 4.12. The van der Waals surface area contributed by atoms with Gasteiger partial charge in [0.15, 0.2) is 0 Å². The van der Waals surface area contributed by atoms with Crippen LogP contribution in [0.2, 0.25) is 0 Å². The lowest BCUT2D eigenvalue weighted by atomic mass is 10.1. The number of nitrogens with zero attached hydrogens (tertiary/aromatic N) is 1. The Labute approximate surface area is 144 Å². The van der Waals surface area contributed by atoms with Gasteiger partial charge >= 0.3 is 5.97 Å². The Kier molecular flexibility index (Phi) is 5.11. The largest absolute Gasteiger partial charge is 0.465 e. The number of H-pyrrole nitrogens is 1. The van der Waals surface area contributed by atoms with Crippen LogP contribution in [0.4, 0.5) is 0 Å². The Balaban J connectivity index is 1.88. The molecule has 1 amide bonds. The molecule has 1 aliphatic heterocycles. The monoisotopic (exact) mass is 348 g/mol. The standard InChI is InChI=1S/C17H20N2O4S/c1-22-7-3-6-19-15(20)10-24-16(19)13-9-18-14-8-11(17(21)23-2)4-5-12(13)14/h4-5,8-9,16,18H,3,6-7,10H2,1-2H3. The Hall–Kier alpha value is -1.99. The highest BCUT2D eigenvalue weighted by molar-refractivity contribution is 8.00. The van der Waals surface area contributed by atoms with Crippen molar-refractivity contribution in [3.63, 3.8) is 0 Å². The maximum absolute atomic E-state index is 12.2. The van der Waals surface area contributed by atoms with Crippen LogP contribution in [0.25, 0.3) is 10.9 Å². The van der Waals surface area contributed by atoms with Gasteiger partial charge in [-0.3, -0.25) is 4.79 Å². The Bertz CT molecular complexity index is 758. The van der Waals surface area contributed by atoms with E-state index in [0.717, 1.165) is 22.9 Å². The van der Waals surface area contributed by atoms with Crippen molar-refractivity contribution in [2.45, 2.75) is 11.8 Å². The van der Waals surface area contributed by atoms with Gasteiger partial charge in [0, 0.05) is 42.9 Å². The number of carbonyl (C=O) groups is 2. The lowest BCUT2D eigenvalue weighted by Gasteiger charge is -2.23. The molecule has 1 aromatic carbocycles. The summed E-state index contributed by atoms with van der Waals surface area (Å²) >= 11 is 1.63. The van der Waals surface area contributed by atoms with Crippen LogP contribution in [0.5, 0.6) is 0 Å². The second kappa shape index (κ2) is 7.27. The van der Waals surface area contributed by atoms with Gasteiger partial charge in [0.05, 0.1) is 18.4 Å². The highest BCUT2D eigenvalue weighted by atomic mass is 32.2. The average molecular weight is 348 g/mol. The van der Waals surface area contributed by atoms with E-state index in [9.17, 15) is 9.59 Å². The molecule has 0 saturated carbocycles. The number of esters is 1. The third-order valence-corrected chi connectivity index (χ3v) is 5.35. The third kappa shape index (κ3) is 3.14. The number of hydrogen-bond acceptors (Lipinski definition) is 5. The SMILES string of the molecule is COCCCN1C(=O)CSC1c1c[nH]c2cc(C(=O)OC)ccc12. The number of ether oxygens (including phenoxy) is 2. The van der Waals surface area contributed by atoms with Crippen molar-refractivity contribution in [3.05, 3.63) is 35.5 Å². The van der Waals surface area contributed by atoms with Crippen LogP contribution >= 0.6 is 11.8 Å². The van der Waals surface area contributed by atoms with E-state index in [-0.39, 0.29) is 17.3 Å². The molecule has 0 spiro atoms. The van der Waals surface area contributed by atoms with Crippen molar-refractivity contribution in [3.8, 4) is 0 Å². The van der Waals surface area contributed by atoms with E-state index in [1.165, 1.54) is 7.11 Å². The molecule has 0 radical (unpaired) electrons. The van der Waals surface area contributed by atoms with E-state index >= 15 is 0 Å². The number of benzene rings is 1.